The van der Waals surface area contributed by atoms with Crippen LogP contribution in [0.2, 0.25) is 0 Å². The number of nitrogens with one attached hydrogen (secondary N) is 1. The number of amides is 1. The van der Waals surface area contributed by atoms with Gasteiger partial charge in [-0.1, -0.05) is 270 Å². The van der Waals surface area contributed by atoms with E-state index in [2.05, 4.69) is 19.2 Å². The van der Waals surface area contributed by atoms with Gasteiger partial charge in [-0.15, -0.1) is 0 Å². The summed E-state index contributed by atoms with van der Waals surface area (Å²) in [6.45, 7) is 4.90. The molecule has 0 aromatic heterocycles. The largest absolute Gasteiger partial charge is 0.466 e. The van der Waals surface area contributed by atoms with E-state index < -0.39 is 12.1 Å². The summed E-state index contributed by atoms with van der Waals surface area (Å²) in [5.41, 5.74) is 0. The molecule has 0 aliphatic rings. The Kier molecular flexibility index (Phi) is 50.1. The van der Waals surface area contributed by atoms with Gasteiger partial charge in [-0.3, -0.25) is 9.59 Å². The molecule has 0 bridgehead atoms. The summed E-state index contributed by atoms with van der Waals surface area (Å²) < 4.78 is 5.45. The highest BCUT2D eigenvalue weighted by molar-refractivity contribution is 5.76. The van der Waals surface area contributed by atoms with Gasteiger partial charge in [-0.2, -0.15) is 0 Å². The molecule has 1 amide bonds. The summed E-state index contributed by atoms with van der Waals surface area (Å²) in [6, 6.07) is -0.633. The monoisotopic (exact) mass is 862 g/mol. The predicted molar refractivity (Wildman–Crippen MR) is 264 cm³/mol. The smallest absolute Gasteiger partial charge is 0.305 e. The molecular weight excluding hydrogens is 755 g/mol. The molecule has 0 aromatic rings. The van der Waals surface area contributed by atoms with Gasteiger partial charge in [0.05, 0.1) is 25.4 Å². The maximum Gasteiger partial charge on any atom is 0.305 e. The number of unbranched alkanes of at least 4 members (excludes halogenated alkanes) is 40. The van der Waals surface area contributed by atoms with Crippen molar-refractivity contribution in [3.63, 3.8) is 0 Å². The average Bonchev–Trinajstić information content (AvgIpc) is 3.26. The van der Waals surface area contributed by atoms with Crippen LogP contribution in [0.1, 0.15) is 303 Å². The fourth-order valence-corrected chi connectivity index (χ4v) is 8.58. The Bertz CT molecular complexity index is 909. The van der Waals surface area contributed by atoms with Gasteiger partial charge >= 0.3 is 5.97 Å². The number of carbonyl (C=O) groups is 2. The molecule has 0 aliphatic carbocycles. The van der Waals surface area contributed by atoms with E-state index in [1.807, 2.05) is 6.08 Å². The van der Waals surface area contributed by atoms with Crippen LogP contribution < -0.4 is 5.32 Å². The maximum absolute atomic E-state index is 12.5. The first-order valence-electron chi connectivity index (χ1n) is 27.5. The van der Waals surface area contributed by atoms with Crippen LogP contribution in [0.4, 0.5) is 0 Å². The Morgan fingerprint density at radius 3 is 1.11 bits per heavy atom. The van der Waals surface area contributed by atoms with Gasteiger partial charge < -0.3 is 20.3 Å². The topological polar surface area (TPSA) is 95.9 Å². The van der Waals surface area contributed by atoms with Crippen molar-refractivity contribution in [2.75, 3.05) is 13.2 Å². The lowest BCUT2D eigenvalue weighted by Crippen LogP contribution is -2.45. The summed E-state index contributed by atoms with van der Waals surface area (Å²) in [6.07, 6.45) is 59.3. The summed E-state index contributed by atoms with van der Waals surface area (Å²) in [7, 11) is 0. The third-order valence-electron chi connectivity index (χ3n) is 12.8. The summed E-state index contributed by atoms with van der Waals surface area (Å²) in [5.74, 6) is -0.0744. The second-order valence-corrected chi connectivity index (χ2v) is 18.9. The molecule has 0 fully saturated rings. The van der Waals surface area contributed by atoms with E-state index >= 15 is 0 Å². The zero-order valence-electron chi connectivity index (χ0n) is 41.2. The number of hydrogen-bond donors (Lipinski definition) is 3. The highest BCUT2D eigenvalue weighted by atomic mass is 16.5. The highest BCUT2D eigenvalue weighted by Crippen LogP contribution is 2.17. The lowest BCUT2D eigenvalue weighted by molar-refractivity contribution is -0.143. The van der Waals surface area contributed by atoms with Crippen molar-refractivity contribution in [2.45, 2.75) is 315 Å². The van der Waals surface area contributed by atoms with Crippen molar-refractivity contribution in [1.29, 1.82) is 0 Å². The molecule has 0 saturated carbocycles. The first-order valence-corrected chi connectivity index (χ1v) is 27.5. The van der Waals surface area contributed by atoms with E-state index in [9.17, 15) is 19.8 Å². The van der Waals surface area contributed by atoms with E-state index in [0.717, 1.165) is 44.9 Å². The van der Waals surface area contributed by atoms with E-state index in [1.54, 1.807) is 6.08 Å². The van der Waals surface area contributed by atoms with Gasteiger partial charge in [-0.05, 0) is 32.1 Å². The fourth-order valence-electron chi connectivity index (χ4n) is 8.58. The van der Waals surface area contributed by atoms with E-state index in [-0.39, 0.29) is 18.5 Å². The maximum atomic E-state index is 12.5. The summed E-state index contributed by atoms with van der Waals surface area (Å²) in [5, 5.41) is 23.1. The van der Waals surface area contributed by atoms with Crippen LogP contribution in [-0.2, 0) is 14.3 Å². The molecule has 0 aliphatic heterocycles. The minimum Gasteiger partial charge on any atom is -0.466 e. The van der Waals surface area contributed by atoms with Crippen LogP contribution in [0.25, 0.3) is 0 Å². The van der Waals surface area contributed by atoms with Gasteiger partial charge in [0, 0.05) is 12.8 Å². The zero-order chi connectivity index (χ0) is 44.4. The van der Waals surface area contributed by atoms with Gasteiger partial charge in [0.25, 0.3) is 0 Å². The number of hydrogen-bond acceptors (Lipinski definition) is 5. The first-order chi connectivity index (χ1) is 30.0. The van der Waals surface area contributed by atoms with E-state index in [0.29, 0.717) is 19.4 Å². The van der Waals surface area contributed by atoms with Gasteiger partial charge in [0.1, 0.15) is 0 Å². The number of carbonyl (C=O) groups excluding carboxylic acids is 2. The lowest BCUT2D eigenvalue weighted by atomic mass is 10.0. The van der Waals surface area contributed by atoms with Crippen molar-refractivity contribution in [3.8, 4) is 0 Å². The molecule has 362 valence electrons. The van der Waals surface area contributed by atoms with Crippen molar-refractivity contribution in [1.82, 2.24) is 5.32 Å². The number of allylic oxidation sites excluding steroid dienone is 1. The van der Waals surface area contributed by atoms with Gasteiger partial charge in [0.15, 0.2) is 0 Å². The second kappa shape index (κ2) is 51.2. The summed E-state index contributed by atoms with van der Waals surface area (Å²) >= 11 is 0. The first kappa shape index (κ1) is 59.6. The molecule has 0 spiro atoms. The predicted octanol–water partition coefficient (Wildman–Crippen LogP) is 16.5. The molecule has 61 heavy (non-hydrogen) atoms. The van der Waals surface area contributed by atoms with E-state index in [4.69, 9.17) is 4.74 Å². The summed E-state index contributed by atoms with van der Waals surface area (Å²) in [4.78, 5) is 24.4. The molecule has 3 N–H and O–H groups in total. The molecule has 0 radical (unpaired) electrons. The Balaban J connectivity index is 3.47. The van der Waals surface area contributed by atoms with Crippen LogP contribution in [0, 0.1) is 0 Å². The van der Waals surface area contributed by atoms with E-state index in [1.165, 1.54) is 231 Å². The molecular formula is C55H107NO5. The zero-order valence-corrected chi connectivity index (χ0v) is 41.2. The van der Waals surface area contributed by atoms with Crippen molar-refractivity contribution in [2.24, 2.45) is 0 Å². The number of esters is 1. The highest BCUT2D eigenvalue weighted by Gasteiger charge is 2.18. The minimum atomic E-state index is -0.849. The van der Waals surface area contributed by atoms with Crippen LogP contribution >= 0.6 is 0 Å². The fraction of sp³-hybridized carbons (Fsp3) is 0.927. The molecule has 0 heterocycles. The molecule has 6 nitrogen and oxygen atoms in total. The Labute approximate surface area is 380 Å². The van der Waals surface area contributed by atoms with Crippen molar-refractivity contribution >= 4 is 11.9 Å². The third kappa shape index (κ3) is 47.9. The van der Waals surface area contributed by atoms with Crippen molar-refractivity contribution < 1.29 is 24.5 Å². The average molecular weight is 862 g/mol. The van der Waals surface area contributed by atoms with Crippen LogP contribution in [-0.4, -0.2) is 47.4 Å². The normalized spacial score (nSPS) is 12.7. The molecule has 2 atom stereocenters. The number of rotatable bonds is 51. The number of aliphatic hydroxyl groups excluding tert-OH is 2. The minimum absolute atomic E-state index is 0.000349. The SMILES string of the molecule is CCCCCCCCCCCCCCCCCC/C=C/C(O)C(CO)NC(=O)CCCCCCCCCCCCCCCCCOC(=O)CCCCCCCCCCCCC. The van der Waals surface area contributed by atoms with Gasteiger partial charge in [-0.25, -0.2) is 0 Å². The van der Waals surface area contributed by atoms with Crippen molar-refractivity contribution in [3.05, 3.63) is 12.2 Å². The molecule has 0 aromatic carbocycles. The van der Waals surface area contributed by atoms with Crippen LogP contribution in [0.3, 0.4) is 0 Å². The standard InChI is InChI=1S/C55H107NO5/c1-3-5-7-9-11-13-15-16-17-18-19-21-24-28-31-35-39-43-47-53(58)52(51-57)56-54(59)48-44-40-36-32-29-25-22-20-23-26-30-34-38-42-46-50-61-55(60)49-45-41-37-33-27-14-12-10-8-6-4-2/h43,47,52-53,57-58H,3-42,44-46,48-51H2,1-2H3,(H,56,59)/b47-43+. The number of aliphatic hydroxyl groups is 2. The Morgan fingerprint density at radius 1 is 0.443 bits per heavy atom. The van der Waals surface area contributed by atoms with Crippen LogP contribution in [0.15, 0.2) is 12.2 Å². The molecule has 0 rings (SSSR count). The third-order valence-corrected chi connectivity index (χ3v) is 12.8. The molecule has 0 saturated heterocycles. The van der Waals surface area contributed by atoms with Gasteiger partial charge in [0.2, 0.25) is 5.91 Å². The molecule has 2 unspecified atom stereocenters. The quantitative estimate of drug-likeness (QED) is 0.0322. The Morgan fingerprint density at radius 2 is 0.754 bits per heavy atom. The Hall–Kier alpha value is -1.40. The lowest BCUT2D eigenvalue weighted by Gasteiger charge is -2.20. The second-order valence-electron chi connectivity index (χ2n) is 18.9. The molecule has 6 heteroatoms. The van der Waals surface area contributed by atoms with Crippen LogP contribution in [0.5, 0.6) is 0 Å². The number of ether oxygens (including phenoxy) is 1.